The Morgan fingerprint density at radius 2 is 2.23 bits per heavy atom. The van der Waals surface area contributed by atoms with Gasteiger partial charge in [-0.25, -0.2) is 4.39 Å². The van der Waals surface area contributed by atoms with Crippen LogP contribution in [0.3, 0.4) is 0 Å². The highest BCUT2D eigenvalue weighted by Crippen LogP contribution is 2.15. The SMILES string of the molecule is O=C(CCl)Cc1ccc(Br)cc1F. The van der Waals surface area contributed by atoms with E-state index in [9.17, 15) is 9.18 Å². The fourth-order valence-electron chi connectivity index (χ4n) is 0.925. The van der Waals surface area contributed by atoms with Gasteiger partial charge >= 0.3 is 0 Å². The Labute approximate surface area is 89.0 Å². The maximum atomic E-state index is 13.1. The van der Waals surface area contributed by atoms with Crippen LogP contribution in [-0.2, 0) is 11.2 Å². The van der Waals surface area contributed by atoms with Gasteiger partial charge in [-0.3, -0.25) is 4.79 Å². The number of hydrogen-bond donors (Lipinski definition) is 0. The van der Waals surface area contributed by atoms with E-state index in [4.69, 9.17) is 11.6 Å². The van der Waals surface area contributed by atoms with E-state index >= 15 is 0 Å². The van der Waals surface area contributed by atoms with Crippen molar-refractivity contribution in [1.82, 2.24) is 0 Å². The molecule has 0 atom stereocenters. The summed E-state index contributed by atoms with van der Waals surface area (Å²) in [4.78, 5) is 10.9. The van der Waals surface area contributed by atoms with Crippen LogP contribution >= 0.6 is 27.5 Å². The maximum Gasteiger partial charge on any atom is 0.152 e. The Morgan fingerprint density at radius 1 is 1.54 bits per heavy atom. The maximum absolute atomic E-state index is 13.1. The highest BCUT2D eigenvalue weighted by Gasteiger charge is 2.07. The molecule has 4 heteroatoms. The molecule has 0 saturated heterocycles. The summed E-state index contributed by atoms with van der Waals surface area (Å²) in [6, 6.07) is 4.60. The van der Waals surface area contributed by atoms with Crippen LogP contribution in [0.1, 0.15) is 5.56 Å². The first-order valence-electron chi connectivity index (χ1n) is 3.65. The molecule has 0 radical (unpaired) electrons. The van der Waals surface area contributed by atoms with E-state index < -0.39 is 0 Å². The van der Waals surface area contributed by atoms with Crippen molar-refractivity contribution in [3.8, 4) is 0 Å². The lowest BCUT2D eigenvalue weighted by Gasteiger charge is -2.00. The third-order valence-electron chi connectivity index (χ3n) is 1.55. The minimum atomic E-state index is -0.382. The molecular formula is C9H7BrClFO. The van der Waals surface area contributed by atoms with Gasteiger partial charge in [0.1, 0.15) is 5.82 Å². The highest BCUT2D eigenvalue weighted by molar-refractivity contribution is 9.10. The van der Waals surface area contributed by atoms with Crippen molar-refractivity contribution in [2.45, 2.75) is 6.42 Å². The van der Waals surface area contributed by atoms with Gasteiger partial charge in [0.25, 0.3) is 0 Å². The van der Waals surface area contributed by atoms with E-state index in [1.165, 1.54) is 6.07 Å². The van der Waals surface area contributed by atoms with Crippen LogP contribution in [0, 0.1) is 5.82 Å². The molecule has 0 fully saturated rings. The van der Waals surface area contributed by atoms with E-state index in [2.05, 4.69) is 15.9 Å². The molecule has 0 spiro atoms. The van der Waals surface area contributed by atoms with E-state index in [1.54, 1.807) is 12.1 Å². The quantitative estimate of drug-likeness (QED) is 0.768. The van der Waals surface area contributed by atoms with Crippen LogP contribution in [0.5, 0.6) is 0 Å². The predicted octanol–water partition coefficient (Wildman–Crippen LogP) is 2.94. The monoisotopic (exact) mass is 264 g/mol. The summed E-state index contributed by atoms with van der Waals surface area (Å²) >= 11 is 8.43. The third-order valence-corrected chi connectivity index (χ3v) is 2.34. The normalized spacial score (nSPS) is 10.1. The van der Waals surface area contributed by atoms with E-state index in [0.29, 0.717) is 10.0 Å². The second kappa shape index (κ2) is 4.72. The Balaban J connectivity index is 2.83. The summed E-state index contributed by atoms with van der Waals surface area (Å²) in [5, 5.41) is 0. The molecule has 1 aromatic carbocycles. The number of halogens is 3. The molecule has 0 amide bonds. The molecular weight excluding hydrogens is 258 g/mol. The first-order chi connectivity index (χ1) is 6.13. The minimum Gasteiger partial charge on any atom is -0.298 e. The molecule has 0 bridgehead atoms. The number of rotatable bonds is 3. The van der Waals surface area contributed by atoms with Crippen LogP contribution in [0.4, 0.5) is 4.39 Å². The lowest BCUT2D eigenvalue weighted by molar-refractivity contribution is -0.116. The number of carbonyl (C=O) groups excluding carboxylic acids is 1. The Hall–Kier alpha value is -0.410. The Bertz CT molecular complexity index is 327. The van der Waals surface area contributed by atoms with Gasteiger partial charge < -0.3 is 0 Å². The second-order valence-electron chi connectivity index (χ2n) is 2.58. The zero-order chi connectivity index (χ0) is 9.84. The minimum absolute atomic E-state index is 0.0581. The van der Waals surface area contributed by atoms with Gasteiger partial charge in [0.05, 0.1) is 5.88 Å². The fourth-order valence-corrected chi connectivity index (χ4v) is 1.35. The molecule has 1 nitrogen and oxygen atoms in total. The number of Topliss-reactive ketones (excluding diaryl/α,β-unsaturated/α-hetero) is 1. The standard InChI is InChI=1S/C9H7BrClFO/c10-7-2-1-6(9(12)4-7)3-8(13)5-11/h1-2,4H,3,5H2. The highest BCUT2D eigenvalue weighted by atomic mass is 79.9. The van der Waals surface area contributed by atoms with Gasteiger partial charge in [0.15, 0.2) is 5.78 Å². The van der Waals surface area contributed by atoms with Gasteiger partial charge in [0.2, 0.25) is 0 Å². The number of benzene rings is 1. The summed E-state index contributed by atoms with van der Waals surface area (Å²) in [5.41, 5.74) is 0.383. The first kappa shape index (κ1) is 10.7. The molecule has 0 heterocycles. The molecule has 70 valence electrons. The van der Waals surface area contributed by atoms with Crippen molar-refractivity contribution in [1.29, 1.82) is 0 Å². The topological polar surface area (TPSA) is 17.1 Å². The molecule has 0 aliphatic carbocycles. The summed E-state index contributed by atoms with van der Waals surface area (Å²) in [5.74, 6) is -0.633. The van der Waals surface area contributed by atoms with Crippen molar-refractivity contribution in [2.75, 3.05) is 5.88 Å². The van der Waals surface area contributed by atoms with Gasteiger partial charge in [0, 0.05) is 10.9 Å². The third kappa shape index (κ3) is 3.08. The van der Waals surface area contributed by atoms with E-state index in [0.717, 1.165) is 0 Å². The summed E-state index contributed by atoms with van der Waals surface area (Å²) in [6.07, 6.45) is 0.0581. The second-order valence-corrected chi connectivity index (χ2v) is 3.77. The van der Waals surface area contributed by atoms with Crippen molar-refractivity contribution < 1.29 is 9.18 Å². The molecule has 0 aliphatic rings. The number of ketones is 1. The summed E-state index contributed by atoms with van der Waals surface area (Å²) in [6.45, 7) is 0. The molecule has 13 heavy (non-hydrogen) atoms. The van der Waals surface area contributed by atoms with Crippen LogP contribution in [0.25, 0.3) is 0 Å². The average molecular weight is 266 g/mol. The van der Waals surface area contributed by atoms with E-state index in [-0.39, 0.29) is 23.9 Å². The first-order valence-corrected chi connectivity index (χ1v) is 4.98. The van der Waals surface area contributed by atoms with Gasteiger partial charge in [-0.2, -0.15) is 0 Å². The Kier molecular flexibility index (Phi) is 3.88. The van der Waals surface area contributed by atoms with Crippen molar-refractivity contribution in [3.63, 3.8) is 0 Å². The largest absolute Gasteiger partial charge is 0.298 e. The lowest BCUT2D eigenvalue weighted by Crippen LogP contribution is -2.05. The average Bonchev–Trinajstić information content (AvgIpc) is 2.09. The van der Waals surface area contributed by atoms with Crippen LogP contribution in [0.2, 0.25) is 0 Å². The lowest BCUT2D eigenvalue weighted by atomic mass is 10.1. The van der Waals surface area contributed by atoms with Crippen LogP contribution < -0.4 is 0 Å². The number of carbonyl (C=O) groups is 1. The molecule has 1 rings (SSSR count). The molecule has 0 unspecified atom stereocenters. The van der Waals surface area contributed by atoms with E-state index in [1.807, 2.05) is 0 Å². The summed E-state index contributed by atoms with van der Waals surface area (Å²) in [7, 11) is 0. The molecule has 0 saturated carbocycles. The van der Waals surface area contributed by atoms with Crippen LogP contribution in [-0.4, -0.2) is 11.7 Å². The smallest absolute Gasteiger partial charge is 0.152 e. The van der Waals surface area contributed by atoms with Gasteiger partial charge in [-0.15, -0.1) is 11.6 Å². The van der Waals surface area contributed by atoms with Crippen LogP contribution in [0.15, 0.2) is 22.7 Å². The van der Waals surface area contributed by atoms with Gasteiger partial charge in [-0.1, -0.05) is 22.0 Å². The molecule has 1 aromatic rings. The molecule has 0 aliphatic heterocycles. The van der Waals surface area contributed by atoms with Crippen molar-refractivity contribution in [2.24, 2.45) is 0 Å². The predicted molar refractivity (Wildman–Crippen MR) is 53.5 cm³/mol. The van der Waals surface area contributed by atoms with Crippen molar-refractivity contribution >= 4 is 33.3 Å². The molecule has 0 N–H and O–H groups in total. The van der Waals surface area contributed by atoms with Crippen molar-refractivity contribution in [3.05, 3.63) is 34.1 Å². The Morgan fingerprint density at radius 3 is 2.77 bits per heavy atom. The zero-order valence-corrected chi connectivity index (χ0v) is 9.03. The number of hydrogen-bond acceptors (Lipinski definition) is 1. The number of alkyl halides is 1. The van der Waals surface area contributed by atoms with Gasteiger partial charge in [-0.05, 0) is 17.7 Å². The molecule has 0 aromatic heterocycles. The summed E-state index contributed by atoms with van der Waals surface area (Å²) < 4.78 is 13.8. The fraction of sp³-hybridized carbons (Fsp3) is 0.222. The zero-order valence-electron chi connectivity index (χ0n) is 6.69.